The number of pyridine rings is 1. The molecule has 1 N–H and O–H groups in total. The Morgan fingerprint density at radius 1 is 0.931 bits per heavy atom. The summed E-state index contributed by atoms with van der Waals surface area (Å²) in [6.45, 7) is 0. The SMILES string of the molecule is O=C(Nc1ccc(-c2ccc3nnc(-c4cccnc4)n3n2)cc1)c1ccco1. The molecule has 0 unspecified atom stereocenters. The topological polar surface area (TPSA) is 98.2 Å². The molecule has 1 aromatic carbocycles. The molecular formula is C21H14N6O2. The van der Waals surface area contributed by atoms with Crippen LogP contribution in [0.25, 0.3) is 28.3 Å². The van der Waals surface area contributed by atoms with Crippen molar-refractivity contribution in [3.63, 3.8) is 0 Å². The second kappa shape index (κ2) is 7.01. The lowest BCUT2D eigenvalue weighted by Gasteiger charge is -2.06. The number of carbonyl (C=O) groups is 1. The number of nitrogens with one attached hydrogen (secondary N) is 1. The van der Waals surface area contributed by atoms with Crippen LogP contribution in [-0.2, 0) is 0 Å². The van der Waals surface area contributed by atoms with Gasteiger partial charge in [0, 0.05) is 29.2 Å². The fourth-order valence-electron chi connectivity index (χ4n) is 2.94. The zero-order valence-electron chi connectivity index (χ0n) is 15.1. The molecule has 0 saturated carbocycles. The predicted molar refractivity (Wildman–Crippen MR) is 106 cm³/mol. The first-order valence-electron chi connectivity index (χ1n) is 8.86. The number of carbonyl (C=O) groups excluding carboxylic acids is 1. The van der Waals surface area contributed by atoms with E-state index in [1.165, 1.54) is 6.26 Å². The number of nitrogens with zero attached hydrogens (tertiary/aromatic N) is 5. The molecule has 4 aromatic heterocycles. The van der Waals surface area contributed by atoms with Crippen LogP contribution in [0.2, 0.25) is 0 Å². The Morgan fingerprint density at radius 2 is 1.83 bits per heavy atom. The van der Waals surface area contributed by atoms with Crippen LogP contribution in [-0.4, -0.2) is 30.7 Å². The van der Waals surface area contributed by atoms with Gasteiger partial charge in [0.15, 0.2) is 17.2 Å². The number of furan rings is 1. The molecule has 29 heavy (non-hydrogen) atoms. The standard InChI is InChI=1S/C21H14N6O2/c28-21(18-4-2-12-29-18)23-16-7-5-14(6-8-16)17-9-10-19-24-25-20(27(19)26-17)15-3-1-11-22-13-15/h1-13H,(H,23,28). The molecule has 0 bridgehead atoms. The summed E-state index contributed by atoms with van der Waals surface area (Å²) in [6.07, 6.45) is 4.89. The zero-order valence-corrected chi connectivity index (χ0v) is 15.1. The summed E-state index contributed by atoms with van der Waals surface area (Å²) in [5.74, 6) is 0.585. The van der Waals surface area contributed by atoms with E-state index in [9.17, 15) is 4.79 Å². The first kappa shape index (κ1) is 16.8. The second-order valence-corrected chi connectivity index (χ2v) is 6.26. The molecule has 0 aliphatic rings. The molecule has 0 atom stereocenters. The Labute approximate surface area is 164 Å². The van der Waals surface area contributed by atoms with Crippen molar-refractivity contribution in [3.05, 3.63) is 85.1 Å². The summed E-state index contributed by atoms with van der Waals surface area (Å²) in [7, 11) is 0. The summed E-state index contributed by atoms with van der Waals surface area (Å²) in [5.41, 5.74) is 3.80. The molecule has 4 heterocycles. The van der Waals surface area contributed by atoms with Crippen molar-refractivity contribution in [3.8, 4) is 22.6 Å². The third-order valence-electron chi connectivity index (χ3n) is 4.37. The lowest BCUT2D eigenvalue weighted by Crippen LogP contribution is -2.10. The number of amides is 1. The van der Waals surface area contributed by atoms with Gasteiger partial charge in [-0.25, -0.2) is 0 Å². The van der Waals surface area contributed by atoms with Gasteiger partial charge in [-0.05, 0) is 48.5 Å². The maximum Gasteiger partial charge on any atom is 0.291 e. The minimum Gasteiger partial charge on any atom is -0.459 e. The molecule has 5 aromatic rings. The van der Waals surface area contributed by atoms with Crippen LogP contribution in [0.1, 0.15) is 10.6 Å². The largest absolute Gasteiger partial charge is 0.459 e. The average Bonchev–Trinajstić information content (AvgIpc) is 3.45. The van der Waals surface area contributed by atoms with Gasteiger partial charge in [0.25, 0.3) is 5.91 Å². The van der Waals surface area contributed by atoms with Crippen LogP contribution in [0.3, 0.4) is 0 Å². The van der Waals surface area contributed by atoms with Gasteiger partial charge in [-0.15, -0.1) is 10.2 Å². The van der Waals surface area contributed by atoms with Crippen molar-refractivity contribution >= 4 is 17.2 Å². The number of benzene rings is 1. The molecule has 0 spiro atoms. The van der Waals surface area contributed by atoms with Crippen molar-refractivity contribution in [2.24, 2.45) is 0 Å². The van der Waals surface area contributed by atoms with E-state index in [1.54, 1.807) is 29.0 Å². The molecule has 0 radical (unpaired) electrons. The third kappa shape index (κ3) is 3.23. The zero-order chi connectivity index (χ0) is 19.6. The second-order valence-electron chi connectivity index (χ2n) is 6.26. The van der Waals surface area contributed by atoms with Crippen molar-refractivity contribution in [2.75, 3.05) is 5.32 Å². The lowest BCUT2D eigenvalue weighted by molar-refractivity contribution is 0.0996. The van der Waals surface area contributed by atoms with E-state index >= 15 is 0 Å². The lowest BCUT2D eigenvalue weighted by atomic mass is 10.1. The third-order valence-corrected chi connectivity index (χ3v) is 4.37. The van der Waals surface area contributed by atoms with E-state index in [-0.39, 0.29) is 11.7 Å². The molecule has 0 aliphatic carbocycles. The number of fused-ring (bicyclic) bond motifs is 1. The predicted octanol–water partition coefficient (Wildman–Crippen LogP) is 3.70. The summed E-state index contributed by atoms with van der Waals surface area (Å²) in [5, 5.41) is 15.9. The van der Waals surface area contributed by atoms with E-state index < -0.39 is 0 Å². The maximum absolute atomic E-state index is 12.1. The number of aromatic nitrogens is 5. The Morgan fingerprint density at radius 3 is 2.59 bits per heavy atom. The van der Waals surface area contributed by atoms with Crippen LogP contribution < -0.4 is 5.32 Å². The monoisotopic (exact) mass is 382 g/mol. The minimum absolute atomic E-state index is 0.261. The molecule has 8 nitrogen and oxygen atoms in total. The Hall–Kier alpha value is -4.33. The van der Waals surface area contributed by atoms with Crippen molar-refractivity contribution < 1.29 is 9.21 Å². The normalized spacial score (nSPS) is 10.9. The van der Waals surface area contributed by atoms with Gasteiger partial charge in [0.2, 0.25) is 0 Å². The number of hydrogen-bond donors (Lipinski definition) is 1. The van der Waals surface area contributed by atoms with Crippen molar-refractivity contribution in [2.45, 2.75) is 0 Å². The fourth-order valence-corrected chi connectivity index (χ4v) is 2.94. The highest BCUT2D eigenvalue weighted by Crippen LogP contribution is 2.22. The van der Waals surface area contributed by atoms with Gasteiger partial charge in [0.05, 0.1) is 12.0 Å². The highest BCUT2D eigenvalue weighted by molar-refractivity contribution is 6.02. The van der Waals surface area contributed by atoms with Gasteiger partial charge in [-0.1, -0.05) is 12.1 Å². The smallest absolute Gasteiger partial charge is 0.291 e. The highest BCUT2D eigenvalue weighted by atomic mass is 16.3. The maximum atomic E-state index is 12.1. The number of hydrogen-bond acceptors (Lipinski definition) is 6. The molecule has 0 saturated heterocycles. The van der Waals surface area contributed by atoms with E-state index in [1.807, 2.05) is 48.5 Å². The van der Waals surface area contributed by atoms with Crippen LogP contribution in [0.15, 0.2) is 83.7 Å². The van der Waals surface area contributed by atoms with Gasteiger partial charge < -0.3 is 9.73 Å². The molecule has 8 heteroatoms. The van der Waals surface area contributed by atoms with E-state index in [0.717, 1.165) is 16.8 Å². The quantitative estimate of drug-likeness (QED) is 0.509. The van der Waals surface area contributed by atoms with Crippen LogP contribution in [0, 0.1) is 0 Å². The highest BCUT2D eigenvalue weighted by Gasteiger charge is 2.12. The molecule has 0 aliphatic heterocycles. The first-order chi connectivity index (χ1) is 14.3. The van der Waals surface area contributed by atoms with Crippen molar-refractivity contribution in [1.82, 2.24) is 24.8 Å². The molecule has 5 rings (SSSR count). The summed E-state index contributed by atoms with van der Waals surface area (Å²) in [4.78, 5) is 16.2. The van der Waals surface area contributed by atoms with Gasteiger partial charge in [-0.2, -0.15) is 9.61 Å². The van der Waals surface area contributed by atoms with E-state index in [4.69, 9.17) is 4.42 Å². The minimum atomic E-state index is -0.298. The molecule has 140 valence electrons. The Kier molecular flexibility index (Phi) is 4.06. The Balaban J connectivity index is 1.44. The van der Waals surface area contributed by atoms with Crippen LogP contribution >= 0.6 is 0 Å². The van der Waals surface area contributed by atoms with Gasteiger partial charge in [0.1, 0.15) is 0 Å². The molecule has 1 amide bonds. The molecular weight excluding hydrogens is 368 g/mol. The Bertz CT molecular complexity index is 1280. The average molecular weight is 382 g/mol. The fraction of sp³-hybridized carbons (Fsp3) is 0. The van der Waals surface area contributed by atoms with Crippen molar-refractivity contribution in [1.29, 1.82) is 0 Å². The first-order valence-corrected chi connectivity index (χ1v) is 8.86. The number of rotatable bonds is 4. The van der Waals surface area contributed by atoms with E-state index in [2.05, 4.69) is 25.6 Å². The summed E-state index contributed by atoms with van der Waals surface area (Å²) < 4.78 is 6.79. The summed E-state index contributed by atoms with van der Waals surface area (Å²) in [6, 6.07) is 18.2. The summed E-state index contributed by atoms with van der Waals surface area (Å²) >= 11 is 0. The molecule has 0 fully saturated rings. The van der Waals surface area contributed by atoms with Gasteiger partial charge >= 0.3 is 0 Å². The van der Waals surface area contributed by atoms with Crippen LogP contribution in [0.4, 0.5) is 5.69 Å². The van der Waals surface area contributed by atoms with E-state index in [0.29, 0.717) is 17.2 Å². The van der Waals surface area contributed by atoms with Gasteiger partial charge in [-0.3, -0.25) is 9.78 Å². The van der Waals surface area contributed by atoms with Crippen LogP contribution in [0.5, 0.6) is 0 Å². The number of anilines is 1.